The summed E-state index contributed by atoms with van der Waals surface area (Å²) in [5.74, 6) is 1.90. The second kappa shape index (κ2) is 13.3. The molecule has 0 spiro atoms. The Hall–Kier alpha value is -7.95. The lowest BCUT2D eigenvalue weighted by atomic mass is 9.96. The van der Waals surface area contributed by atoms with Gasteiger partial charge in [-0.25, -0.2) is 15.0 Å². The third-order valence-corrected chi connectivity index (χ3v) is 11.8. The lowest BCUT2D eigenvalue weighted by Crippen LogP contribution is -2.02. The normalized spacial score (nSPS) is 11.7. The van der Waals surface area contributed by atoms with E-state index >= 15 is 0 Å². The van der Waals surface area contributed by atoms with E-state index in [1.54, 1.807) is 0 Å². The molecule has 0 aliphatic heterocycles. The molecule has 0 saturated heterocycles. The summed E-state index contributed by atoms with van der Waals surface area (Å²) in [5.41, 5.74) is 8.57. The number of nitrogens with zero attached hydrogens (tertiary/aromatic N) is 4. The quantitative estimate of drug-likeness (QED) is 0.176. The minimum atomic E-state index is 0.627. The van der Waals surface area contributed by atoms with Gasteiger partial charge in [-0.2, -0.15) is 0 Å². The van der Waals surface area contributed by atoms with Crippen molar-refractivity contribution < 1.29 is 0 Å². The molecule has 0 N–H and O–H groups in total. The Morgan fingerprint density at radius 2 is 0.864 bits per heavy atom. The van der Waals surface area contributed by atoms with Crippen molar-refractivity contribution >= 4 is 64.9 Å². The summed E-state index contributed by atoms with van der Waals surface area (Å²) in [6.07, 6.45) is 0. The van der Waals surface area contributed by atoms with Crippen LogP contribution < -0.4 is 0 Å². The van der Waals surface area contributed by atoms with Crippen molar-refractivity contribution in [3.05, 3.63) is 206 Å². The van der Waals surface area contributed by atoms with Gasteiger partial charge in [-0.3, -0.25) is 0 Å². The van der Waals surface area contributed by atoms with Gasteiger partial charge in [0.25, 0.3) is 0 Å². The van der Waals surface area contributed by atoms with Crippen LogP contribution in [0.3, 0.4) is 0 Å². The number of rotatable bonds is 5. The van der Waals surface area contributed by atoms with Crippen molar-refractivity contribution in [2.45, 2.75) is 0 Å². The fourth-order valence-electron chi connectivity index (χ4n) is 8.92. The summed E-state index contributed by atoms with van der Waals surface area (Å²) >= 11 is 0. The third kappa shape index (κ3) is 5.49. The summed E-state index contributed by atoms with van der Waals surface area (Å²) in [6, 6.07) is 73.6. The zero-order valence-corrected chi connectivity index (χ0v) is 31.9. The molecule has 0 amide bonds. The molecular formula is C55H34N4. The smallest absolute Gasteiger partial charge is 0.164 e. The summed E-state index contributed by atoms with van der Waals surface area (Å²) in [4.78, 5) is 15.7. The fourth-order valence-corrected chi connectivity index (χ4v) is 8.92. The first-order valence-corrected chi connectivity index (χ1v) is 20.0. The van der Waals surface area contributed by atoms with Gasteiger partial charge in [-0.15, -0.1) is 0 Å². The van der Waals surface area contributed by atoms with Crippen LogP contribution in [-0.4, -0.2) is 19.5 Å². The van der Waals surface area contributed by atoms with Gasteiger partial charge < -0.3 is 4.57 Å². The Morgan fingerprint density at radius 1 is 0.288 bits per heavy atom. The van der Waals surface area contributed by atoms with Crippen molar-refractivity contribution in [3.63, 3.8) is 0 Å². The largest absolute Gasteiger partial charge is 0.308 e. The molecule has 4 heteroatoms. The summed E-state index contributed by atoms with van der Waals surface area (Å²) in [5, 5.41) is 11.8. The lowest BCUT2D eigenvalue weighted by molar-refractivity contribution is 1.08. The molecule has 4 nitrogen and oxygen atoms in total. The first kappa shape index (κ1) is 33.2. The van der Waals surface area contributed by atoms with E-state index in [1.165, 1.54) is 48.7 Å². The summed E-state index contributed by atoms with van der Waals surface area (Å²) in [7, 11) is 0. The van der Waals surface area contributed by atoms with Crippen molar-refractivity contribution in [1.82, 2.24) is 19.5 Å². The third-order valence-electron chi connectivity index (χ3n) is 11.8. The highest BCUT2D eigenvalue weighted by Gasteiger charge is 2.21. The maximum absolute atomic E-state index is 5.30. The van der Waals surface area contributed by atoms with E-state index in [0.717, 1.165) is 49.7 Å². The average molecular weight is 751 g/mol. The van der Waals surface area contributed by atoms with Gasteiger partial charge in [-0.1, -0.05) is 170 Å². The number of fused-ring (bicyclic) bond motifs is 8. The molecule has 0 atom stereocenters. The molecule has 0 radical (unpaired) electrons. The molecule has 0 bridgehead atoms. The SMILES string of the molecule is c1ccc(-c2ccc3c(-n4c5cc6ccccc6cc5c5ccc6ccccc6c54)ccc(-c4nc(-c5ccccc5)nc(-c5ccc6ccccc6c5)n4)c3c2)cc1. The summed E-state index contributed by atoms with van der Waals surface area (Å²) in [6.45, 7) is 0. The highest BCUT2D eigenvalue weighted by atomic mass is 15.0. The minimum Gasteiger partial charge on any atom is -0.308 e. The number of hydrogen-bond donors (Lipinski definition) is 0. The van der Waals surface area contributed by atoms with Crippen molar-refractivity contribution in [2.24, 2.45) is 0 Å². The molecule has 2 heterocycles. The molecule has 0 aliphatic carbocycles. The van der Waals surface area contributed by atoms with Crippen LogP contribution in [0.15, 0.2) is 206 Å². The van der Waals surface area contributed by atoms with Crippen LogP contribution in [-0.2, 0) is 0 Å². The topological polar surface area (TPSA) is 43.6 Å². The zero-order valence-electron chi connectivity index (χ0n) is 31.9. The molecule has 10 aromatic carbocycles. The van der Waals surface area contributed by atoms with E-state index < -0.39 is 0 Å². The molecule has 0 unspecified atom stereocenters. The van der Waals surface area contributed by atoms with Crippen LogP contribution in [0.25, 0.3) is 116 Å². The monoisotopic (exact) mass is 750 g/mol. The van der Waals surface area contributed by atoms with Crippen LogP contribution in [0.4, 0.5) is 0 Å². The highest BCUT2D eigenvalue weighted by molar-refractivity contribution is 6.21. The predicted molar refractivity (Wildman–Crippen MR) is 246 cm³/mol. The molecule has 12 aromatic rings. The van der Waals surface area contributed by atoms with Crippen molar-refractivity contribution in [2.75, 3.05) is 0 Å². The van der Waals surface area contributed by atoms with E-state index in [1.807, 2.05) is 18.2 Å². The average Bonchev–Trinajstić information content (AvgIpc) is 3.63. The molecule has 0 fully saturated rings. The van der Waals surface area contributed by atoms with E-state index in [2.05, 4.69) is 193 Å². The Bertz CT molecular complexity index is 3610. The molecule has 59 heavy (non-hydrogen) atoms. The van der Waals surface area contributed by atoms with Crippen LogP contribution in [0, 0.1) is 0 Å². The second-order valence-corrected chi connectivity index (χ2v) is 15.2. The molecule has 12 rings (SSSR count). The van der Waals surface area contributed by atoms with Crippen LogP contribution in [0.2, 0.25) is 0 Å². The van der Waals surface area contributed by atoms with Crippen molar-refractivity contribution in [3.8, 4) is 51.0 Å². The molecule has 0 aliphatic rings. The molecule has 274 valence electrons. The Labute approximate surface area is 340 Å². The van der Waals surface area contributed by atoms with Crippen LogP contribution >= 0.6 is 0 Å². The standard InChI is InChI=1S/C55H34N4/c1-3-13-35(14-4-1)42-26-27-45-48(32-42)47(55-57-53(38-17-5-2-6-18-38)56-54(58-55)43-24-23-36-15-7-8-19-39(36)31-43)29-30-50(45)59-51-34-41-21-10-9-20-40(41)33-49(51)46-28-25-37-16-11-12-22-44(37)52(46)59/h1-34H. The van der Waals surface area contributed by atoms with E-state index in [-0.39, 0.29) is 0 Å². The second-order valence-electron chi connectivity index (χ2n) is 15.2. The Balaban J connectivity index is 1.17. The van der Waals surface area contributed by atoms with Crippen molar-refractivity contribution in [1.29, 1.82) is 0 Å². The highest BCUT2D eigenvalue weighted by Crippen LogP contribution is 2.42. The first-order chi connectivity index (χ1) is 29.2. The van der Waals surface area contributed by atoms with Gasteiger partial charge >= 0.3 is 0 Å². The molecular weight excluding hydrogens is 717 g/mol. The van der Waals surface area contributed by atoms with Gasteiger partial charge in [0.05, 0.1) is 16.7 Å². The van der Waals surface area contributed by atoms with Gasteiger partial charge in [0.15, 0.2) is 17.5 Å². The Kier molecular flexibility index (Phi) is 7.50. The van der Waals surface area contributed by atoms with Gasteiger partial charge in [0, 0.05) is 38.2 Å². The van der Waals surface area contributed by atoms with E-state index in [0.29, 0.717) is 17.5 Å². The molecule has 0 saturated carbocycles. The van der Waals surface area contributed by atoms with E-state index in [9.17, 15) is 0 Å². The minimum absolute atomic E-state index is 0.627. The maximum Gasteiger partial charge on any atom is 0.164 e. The first-order valence-electron chi connectivity index (χ1n) is 20.0. The van der Waals surface area contributed by atoms with Crippen LogP contribution in [0.1, 0.15) is 0 Å². The number of hydrogen-bond acceptors (Lipinski definition) is 3. The van der Waals surface area contributed by atoms with Gasteiger partial charge in [0.2, 0.25) is 0 Å². The Morgan fingerprint density at radius 3 is 1.64 bits per heavy atom. The number of aromatic nitrogens is 4. The maximum atomic E-state index is 5.30. The number of benzene rings is 10. The predicted octanol–water partition coefficient (Wildman–Crippen LogP) is 14.2. The van der Waals surface area contributed by atoms with Crippen LogP contribution in [0.5, 0.6) is 0 Å². The van der Waals surface area contributed by atoms with E-state index in [4.69, 9.17) is 15.0 Å². The fraction of sp³-hybridized carbons (Fsp3) is 0. The lowest BCUT2D eigenvalue weighted by Gasteiger charge is -2.17. The van der Waals surface area contributed by atoms with Gasteiger partial charge in [-0.05, 0) is 79.8 Å². The summed E-state index contributed by atoms with van der Waals surface area (Å²) < 4.78 is 2.48. The van der Waals surface area contributed by atoms with Gasteiger partial charge in [0.1, 0.15) is 0 Å². The zero-order chi connectivity index (χ0) is 38.9. The molecule has 2 aromatic heterocycles.